The van der Waals surface area contributed by atoms with Crippen LogP contribution in [0.2, 0.25) is 0 Å². The van der Waals surface area contributed by atoms with Crippen LogP contribution in [0.25, 0.3) is 0 Å². The van der Waals surface area contributed by atoms with Crippen LogP contribution >= 0.6 is 0 Å². The van der Waals surface area contributed by atoms with Crippen LogP contribution in [0.5, 0.6) is 11.5 Å². The highest BCUT2D eigenvalue weighted by atomic mass is 16.5. The number of rotatable bonds is 3. The van der Waals surface area contributed by atoms with Gasteiger partial charge in [0.15, 0.2) is 0 Å². The highest BCUT2D eigenvalue weighted by Gasteiger charge is 2.25. The smallest absolute Gasteiger partial charge is 0.310 e. The van der Waals surface area contributed by atoms with Crippen molar-refractivity contribution in [2.24, 2.45) is 0 Å². The second kappa shape index (κ2) is 4.28. The Morgan fingerprint density at radius 2 is 2.29 bits per heavy atom. The Kier molecular flexibility index (Phi) is 2.96. The van der Waals surface area contributed by atoms with E-state index >= 15 is 0 Å². The van der Waals surface area contributed by atoms with Gasteiger partial charge in [0, 0.05) is 17.5 Å². The molecule has 2 atom stereocenters. The lowest BCUT2D eigenvalue weighted by molar-refractivity contribution is -0.138. The van der Waals surface area contributed by atoms with E-state index in [1.807, 2.05) is 13.0 Å². The van der Waals surface area contributed by atoms with Gasteiger partial charge in [0.25, 0.3) is 0 Å². The number of carbonyl (C=O) groups is 1. The molecule has 1 aromatic carbocycles. The van der Waals surface area contributed by atoms with E-state index in [0.717, 1.165) is 17.7 Å². The fourth-order valence-electron chi connectivity index (χ4n) is 2.10. The highest BCUT2D eigenvalue weighted by Crippen LogP contribution is 2.38. The number of hydrogen-bond donors (Lipinski definition) is 1. The monoisotopic (exact) mass is 236 g/mol. The Balaban J connectivity index is 2.46. The van der Waals surface area contributed by atoms with E-state index in [1.165, 1.54) is 0 Å². The topological polar surface area (TPSA) is 55.8 Å². The van der Waals surface area contributed by atoms with Crippen LogP contribution < -0.4 is 9.47 Å². The van der Waals surface area contributed by atoms with Gasteiger partial charge in [-0.15, -0.1) is 0 Å². The molecule has 0 saturated heterocycles. The fraction of sp³-hybridized carbons (Fsp3) is 0.462. The van der Waals surface area contributed by atoms with Crippen molar-refractivity contribution >= 4 is 5.97 Å². The summed E-state index contributed by atoms with van der Waals surface area (Å²) < 4.78 is 10.9. The molecular formula is C13H16O4. The Morgan fingerprint density at radius 3 is 2.88 bits per heavy atom. The summed E-state index contributed by atoms with van der Waals surface area (Å²) in [5, 5.41) is 9.06. The van der Waals surface area contributed by atoms with Crippen LogP contribution in [0, 0.1) is 0 Å². The number of hydrogen-bond acceptors (Lipinski definition) is 3. The first-order valence-electron chi connectivity index (χ1n) is 5.63. The molecule has 0 bridgehead atoms. The predicted molar refractivity (Wildman–Crippen MR) is 62.8 cm³/mol. The Labute approximate surface area is 100 Å². The van der Waals surface area contributed by atoms with Crippen molar-refractivity contribution in [3.05, 3.63) is 23.3 Å². The maximum absolute atomic E-state index is 11.0. The molecule has 2 rings (SSSR count). The minimum atomic E-state index is -0.866. The summed E-state index contributed by atoms with van der Waals surface area (Å²) in [7, 11) is 1.55. The van der Waals surface area contributed by atoms with E-state index in [4.69, 9.17) is 14.6 Å². The van der Waals surface area contributed by atoms with Gasteiger partial charge >= 0.3 is 5.97 Å². The van der Waals surface area contributed by atoms with E-state index in [-0.39, 0.29) is 6.10 Å². The number of ether oxygens (including phenoxy) is 2. The molecule has 0 aromatic heterocycles. The Bertz CT molecular complexity index is 453. The molecule has 1 heterocycles. The lowest BCUT2D eigenvalue weighted by atomic mass is 9.97. The van der Waals surface area contributed by atoms with Crippen molar-refractivity contribution in [2.75, 3.05) is 7.11 Å². The van der Waals surface area contributed by atoms with Crippen molar-refractivity contribution in [2.45, 2.75) is 32.3 Å². The molecule has 2 unspecified atom stereocenters. The van der Waals surface area contributed by atoms with Crippen molar-refractivity contribution in [3.63, 3.8) is 0 Å². The van der Waals surface area contributed by atoms with E-state index in [2.05, 4.69) is 0 Å². The van der Waals surface area contributed by atoms with Gasteiger partial charge in [-0.05, 0) is 26.0 Å². The summed E-state index contributed by atoms with van der Waals surface area (Å²) in [6, 6.07) is 3.67. The molecule has 4 heteroatoms. The van der Waals surface area contributed by atoms with Crippen molar-refractivity contribution in [1.29, 1.82) is 0 Å². The van der Waals surface area contributed by atoms with E-state index in [0.29, 0.717) is 11.3 Å². The van der Waals surface area contributed by atoms with Gasteiger partial charge in [-0.25, -0.2) is 0 Å². The molecule has 17 heavy (non-hydrogen) atoms. The highest BCUT2D eigenvalue weighted by molar-refractivity contribution is 5.77. The number of fused-ring (bicyclic) bond motifs is 1. The van der Waals surface area contributed by atoms with Crippen LogP contribution in [0.4, 0.5) is 0 Å². The lowest BCUT2D eigenvalue weighted by Crippen LogP contribution is -2.09. The van der Waals surface area contributed by atoms with Crippen LogP contribution in [0.1, 0.15) is 30.9 Å². The van der Waals surface area contributed by atoms with Crippen molar-refractivity contribution < 1.29 is 19.4 Å². The SMILES string of the molecule is COc1cc2c(cc1C(C)C(=O)O)OC(C)C2. The summed E-state index contributed by atoms with van der Waals surface area (Å²) in [5.74, 6) is -0.0678. The average Bonchev–Trinajstić information content (AvgIpc) is 2.65. The zero-order valence-corrected chi connectivity index (χ0v) is 10.2. The maximum atomic E-state index is 11.0. The second-order valence-electron chi connectivity index (χ2n) is 4.39. The maximum Gasteiger partial charge on any atom is 0.310 e. The molecule has 0 amide bonds. The zero-order chi connectivity index (χ0) is 12.6. The van der Waals surface area contributed by atoms with Crippen LogP contribution in [-0.4, -0.2) is 24.3 Å². The summed E-state index contributed by atoms with van der Waals surface area (Å²) in [4.78, 5) is 11.0. The van der Waals surface area contributed by atoms with Gasteiger partial charge < -0.3 is 14.6 Å². The molecule has 0 radical (unpaired) electrons. The normalized spacial score (nSPS) is 19.4. The number of methoxy groups -OCH3 is 1. The standard InChI is InChI=1S/C13H16O4/c1-7-4-9-5-12(16-3)10(6-11(9)17-7)8(2)13(14)15/h5-8H,4H2,1-3H3,(H,14,15). The third kappa shape index (κ3) is 2.07. The minimum absolute atomic E-state index is 0.144. The number of aliphatic carboxylic acids is 1. The molecule has 0 spiro atoms. The first-order valence-corrected chi connectivity index (χ1v) is 5.63. The van der Waals surface area contributed by atoms with Gasteiger partial charge in [0.05, 0.1) is 13.0 Å². The number of carboxylic acid groups (broad SMARTS) is 1. The molecule has 0 aliphatic carbocycles. The van der Waals surface area contributed by atoms with Crippen molar-refractivity contribution in [1.82, 2.24) is 0 Å². The Morgan fingerprint density at radius 1 is 1.59 bits per heavy atom. The first-order chi connectivity index (χ1) is 8.02. The predicted octanol–water partition coefficient (Wildman–Crippen LogP) is 2.21. The molecule has 1 aromatic rings. The third-order valence-electron chi connectivity index (χ3n) is 3.09. The summed E-state index contributed by atoms with van der Waals surface area (Å²) >= 11 is 0. The van der Waals surface area contributed by atoms with Crippen LogP contribution in [0.15, 0.2) is 12.1 Å². The minimum Gasteiger partial charge on any atom is -0.496 e. The first kappa shape index (κ1) is 11.8. The molecule has 4 nitrogen and oxygen atoms in total. The Hall–Kier alpha value is -1.71. The molecule has 1 aliphatic heterocycles. The van der Waals surface area contributed by atoms with Gasteiger partial charge in [-0.1, -0.05) is 0 Å². The second-order valence-corrected chi connectivity index (χ2v) is 4.39. The largest absolute Gasteiger partial charge is 0.496 e. The van der Waals surface area contributed by atoms with Crippen LogP contribution in [0.3, 0.4) is 0 Å². The van der Waals surface area contributed by atoms with E-state index < -0.39 is 11.9 Å². The quantitative estimate of drug-likeness (QED) is 0.874. The lowest BCUT2D eigenvalue weighted by Gasteiger charge is -2.14. The van der Waals surface area contributed by atoms with Gasteiger partial charge in [-0.2, -0.15) is 0 Å². The van der Waals surface area contributed by atoms with E-state index in [1.54, 1.807) is 20.1 Å². The average molecular weight is 236 g/mol. The summed E-state index contributed by atoms with van der Waals surface area (Å²) in [5.41, 5.74) is 1.74. The molecule has 1 aliphatic rings. The van der Waals surface area contributed by atoms with E-state index in [9.17, 15) is 4.79 Å². The molecule has 0 saturated carbocycles. The fourth-order valence-corrected chi connectivity index (χ4v) is 2.10. The number of benzene rings is 1. The van der Waals surface area contributed by atoms with Crippen LogP contribution in [-0.2, 0) is 11.2 Å². The van der Waals surface area contributed by atoms with Crippen molar-refractivity contribution in [3.8, 4) is 11.5 Å². The molecule has 0 fully saturated rings. The molecule has 92 valence electrons. The number of carboxylic acids is 1. The van der Waals surface area contributed by atoms with Gasteiger partial charge in [0.2, 0.25) is 0 Å². The van der Waals surface area contributed by atoms with Gasteiger partial charge in [-0.3, -0.25) is 4.79 Å². The summed E-state index contributed by atoms with van der Waals surface area (Å²) in [6.07, 6.45) is 0.984. The molecular weight excluding hydrogens is 220 g/mol. The van der Waals surface area contributed by atoms with Gasteiger partial charge in [0.1, 0.15) is 17.6 Å². The zero-order valence-electron chi connectivity index (χ0n) is 10.2. The summed E-state index contributed by atoms with van der Waals surface area (Å²) in [6.45, 7) is 3.64. The third-order valence-corrected chi connectivity index (χ3v) is 3.09. The molecule has 1 N–H and O–H groups in total.